The van der Waals surface area contributed by atoms with Gasteiger partial charge in [0.25, 0.3) is 0 Å². The molecule has 0 unspecified atom stereocenters. The van der Waals surface area contributed by atoms with Crippen molar-refractivity contribution in [3.05, 3.63) is 120 Å². The molecule has 0 atom stereocenters. The largest absolute Gasteiger partial charge is 0.348 e. The van der Waals surface area contributed by atoms with Gasteiger partial charge in [-0.25, -0.2) is 8.78 Å². The quantitative estimate of drug-likeness (QED) is 0.311. The number of nitrogens with one attached hydrogen (secondary N) is 1. The molecule has 170 valence electrons. The van der Waals surface area contributed by atoms with Crippen molar-refractivity contribution in [1.82, 2.24) is 10.3 Å². The summed E-state index contributed by atoms with van der Waals surface area (Å²) in [4.78, 5) is 16.6. The zero-order valence-electron chi connectivity index (χ0n) is 18.9. The van der Waals surface area contributed by atoms with Gasteiger partial charge in [0.15, 0.2) is 0 Å². The van der Waals surface area contributed by atoms with Crippen LogP contribution >= 0.6 is 0 Å². The molecule has 0 spiro atoms. The molecule has 0 saturated heterocycles. The van der Waals surface area contributed by atoms with Crippen molar-refractivity contribution >= 4 is 11.5 Å². The Morgan fingerprint density at radius 2 is 1.58 bits per heavy atom. The minimum Gasteiger partial charge on any atom is -0.348 e. The summed E-state index contributed by atoms with van der Waals surface area (Å²) in [5.41, 5.74) is 3.12. The van der Waals surface area contributed by atoms with E-state index in [0.717, 1.165) is 36.0 Å². The number of rotatable bonds is 9. The molecular formula is C28H28F2N2O. The molecule has 0 aliphatic heterocycles. The third kappa shape index (κ3) is 7.79. The highest BCUT2D eigenvalue weighted by atomic mass is 19.1. The van der Waals surface area contributed by atoms with E-state index in [0.29, 0.717) is 0 Å². The number of allylic oxidation sites excluding steroid dienone is 2. The molecule has 2 aromatic carbocycles. The van der Waals surface area contributed by atoms with Gasteiger partial charge in [0.2, 0.25) is 5.91 Å². The fourth-order valence-electron chi connectivity index (χ4n) is 3.57. The van der Waals surface area contributed by atoms with E-state index in [1.165, 1.54) is 35.9 Å². The third-order valence-corrected chi connectivity index (χ3v) is 5.27. The maximum atomic E-state index is 13.4. The number of carbonyl (C=O) groups excluding carboxylic acids is 1. The van der Waals surface area contributed by atoms with Crippen LogP contribution in [-0.4, -0.2) is 16.4 Å². The first-order valence-electron chi connectivity index (χ1n) is 10.9. The summed E-state index contributed by atoms with van der Waals surface area (Å²) in [6.45, 7) is 4.00. The molecule has 33 heavy (non-hydrogen) atoms. The SMILES string of the molecule is CC(C)(CCCc1cccnc1)NC(=O)/C=C/C=C(c1ccc(F)cc1)c1ccc(F)cc1. The number of hydrogen-bond acceptors (Lipinski definition) is 2. The third-order valence-electron chi connectivity index (χ3n) is 5.27. The standard InChI is InChI=1S/C28H28F2N2O/c1-28(2,18-4-6-21-7-5-19-31-20-21)32-27(33)9-3-8-26(22-10-14-24(29)15-11-22)23-12-16-25(30)17-13-23/h3,5,7-17,19-20H,4,6,18H2,1-2H3,(H,32,33)/b9-3+. The molecule has 0 bridgehead atoms. The Kier molecular flexibility index (Phi) is 8.25. The summed E-state index contributed by atoms with van der Waals surface area (Å²) in [7, 11) is 0. The van der Waals surface area contributed by atoms with Crippen LogP contribution in [-0.2, 0) is 11.2 Å². The molecule has 0 aliphatic carbocycles. The number of aryl methyl sites for hydroxylation is 1. The van der Waals surface area contributed by atoms with Crippen LogP contribution in [0.4, 0.5) is 8.78 Å². The smallest absolute Gasteiger partial charge is 0.244 e. The van der Waals surface area contributed by atoms with Gasteiger partial charge in [-0.1, -0.05) is 42.5 Å². The molecule has 3 nitrogen and oxygen atoms in total. The second-order valence-electron chi connectivity index (χ2n) is 8.54. The number of aromatic nitrogens is 1. The maximum absolute atomic E-state index is 13.4. The zero-order valence-corrected chi connectivity index (χ0v) is 18.9. The Hall–Kier alpha value is -3.60. The summed E-state index contributed by atoms with van der Waals surface area (Å²) >= 11 is 0. The van der Waals surface area contributed by atoms with E-state index in [4.69, 9.17) is 0 Å². The lowest BCUT2D eigenvalue weighted by Gasteiger charge is -2.25. The Balaban J connectivity index is 1.65. The van der Waals surface area contributed by atoms with Gasteiger partial charge in [0.1, 0.15) is 11.6 Å². The number of hydrogen-bond donors (Lipinski definition) is 1. The molecule has 1 N–H and O–H groups in total. The molecule has 0 aliphatic rings. The molecule has 0 radical (unpaired) electrons. The lowest BCUT2D eigenvalue weighted by molar-refractivity contribution is -0.118. The predicted molar refractivity (Wildman–Crippen MR) is 128 cm³/mol. The Morgan fingerprint density at radius 3 is 2.12 bits per heavy atom. The van der Waals surface area contributed by atoms with E-state index in [2.05, 4.69) is 10.3 Å². The second-order valence-corrected chi connectivity index (χ2v) is 8.54. The minimum atomic E-state index is -0.357. The number of pyridine rings is 1. The highest BCUT2D eigenvalue weighted by Crippen LogP contribution is 2.24. The van der Waals surface area contributed by atoms with E-state index in [9.17, 15) is 13.6 Å². The molecule has 3 aromatic rings. The molecule has 5 heteroatoms. The highest BCUT2D eigenvalue weighted by Gasteiger charge is 2.18. The van der Waals surface area contributed by atoms with Gasteiger partial charge in [-0.05, 0) is 85.7 Å². The van der Waals surface area contributed by atoms with Crippen molar-refractivity contribution in [3.8, 4) is 0 Å². The predicted octanol–water partition coefficient (Wildman–Crippen LogP) is 6.27. The van der Waals surface area contributed by atoms with Gasteiger partial charge in [-0.15, -0.1) is 0 Å². The monoisotopic (exact) mass is 446 g/mol. The van der Waals surface area contributed by atoms with Crippen LogP contribution in [0.15, 0.2) is 91.3 Å². The topological polar surface area (TPSA) is 42.0 Å². The molecule has 0 saturated carbocycles. The Morgan fingerprint density at radius 1 is 0.970 bits per heavy atom. The van der Waals surface area contributed by atoms with E-state index in [1.54, 1.807) is 42.6 Å². The summed E-state index contributed by atoms with van der Waals surface area (Å²) in [6, 6.07) is 16.1. The fraction of sp³-hybridized carbons (Fsp3) is 0.214. The first kappa shape index (κ1) is 24.1. The van der Waals surface area contributed by atoms with E-state index >= 15 is 0 Å². The molecule has 1 aromatic heterocycles. The number of halogens is 2. The average Bonchev–Trinajstić information content (AvgIpc) is 2.78. The number of amides is 1. The Labute approximate surface area is 193 Å². The van der Waals surface area contributed by atoms with Crippen molar-refractivity contribution in [1.29, 1.82) is 0 Å². The van der Waals surface area contributed by atoms with Gasteiger partial charge >= 0.3 is 0 Å². The van der Waals surface area contributed by atoms with Crippen molar-refractivity contribution in [3.63, 3.8) is 0 Å². The van der Waals surface area contributed by atoms with Crippen molar-refractivity contribution < 1.29 is 13.6 Å². The second kappa shape index (κ2) is 11.3. The van der Waals surface area contributed by atoms with Gasteiger partial charge in [0.05, 0.1) is 0 Å². The summed E-state index contributed by atoms with van der Waals surface area (Å²) in [6.07, 6.45) is 11.2. The lowest BCUT2D eigenvalue weighted by Crippen LogP contribution is -2.42. The van der Waals surface area contributed by atoms with Crippen LogP contribution < -0.4 is 5.32 Å². The number of carbonyl (C=O) groups is 1. The van der Waals surface area contributed by atoms with Crippen LogP contribution in [0.5, 0.6) is 0 Å². The van der Waals surface area contributed by atoms with Crippen molar-refractivity contribution in [2.75, 3.05) is 0 Å². The van der Waals surface area contributed by atoms with Crippen LogP contribution in [0, 0.1) is 11.6 Å². The van der Waals surface area contributed by atoms with E-state index in [-0.39, 0.29) is 23.1 Å². The van der Waals surface area contributed by atoms with Crippen LogP contribution in [0.1, 0.15) is 43.4 Å². The molecule has 3 rings (SSSR count). The van der Waals surface area contributed by atoms with Crippen molar-refractivity contribution in [2.24, 2.45) is 0 Å². The summed E-state index contributed by atoms with van der Waals surface area (Å²) < 4.78 is 26.7. The van der Waals surface area contributed by atoms with E-state index < -0.39 is 0 Å². The summed E-state index contributed by atoms with van der Waals surface area (Å²) in [5.74, 6) is -0.869. The van der Waals surface area contributed by atoms with Gasteiger partial charge in [0, 0.05) is 24.0 Å². The maximum Gasteiger partial charge on any atom is 0.244 e. The van der Waals surface area contributed by atoms with Crippen LogP contribution in [0.2, 0.25) is 0 Å². The normalized spacial score (nSPS) is 11.4. The van der Waals surface area contributed by atoms with Crippen LogP contribution in [0.3, 0.4) is 0 Å². The average molecular weight is 447 g/mol. The lowest BCUT2D eigenvalue weighted by atomic mass is 9.95. The van der Waals surface area contributed by atoms with Gasteiger partial charge in [-0.3, -0.25) is 9.78 Å². The van der Waals surface area contributed by atoms with Gasteiger partial charge in [-0.2, -0.15) is 0 Å². The van der Waals surface area contributed by atoms with E-state index in [1.807, 2.05) is 32.2 Å². The molecular weight excluding hydrogens is 418 g/mol. The fourth-order valence-corrected chi connectivity index (χ4v) is 3.57. The molecule has 1 heterocycles. The number of benzene rings is 2. The number of nitrogens with zero attached hydrogens (tertiary/aromatic N) is 1. The first-order chi connectivity index (χ1) is 15.8. The van der Waals surface area contributed by atoms with Crippen LogP contribution in [0.25, 0.3) is 5.57 Å². The van der Waals surface area contributed by atoms with Crippen molar-refractivity contribution in [2.45, 2.75) is 38.6 Å². The Bertz CT molecular complexity index is 1060. The highest BCUT2D eigenvalue weighted by molar-refractivity contribution is 5.89. The molecule has 1 amide bonds. The summed E-state index contributed by atoms with van der Waals surface area (Å²) in [5, 5.41) is 3.04. The minimum absolute atomic E-state index is 0.199. The first-order valence-corrected chi connectivity index (χ1v) is 10.9. The molecule has 0 fully saturated rings. The van der Waals surface area contributed by atoms with Gasteiger partial charge < -0.3 is 5.32 Å². The zero-order chi connectivity index (χ0) is 23.7.